The highest BCUT2D eigenvalue weighted by Gasteiger charge is 2.59. The molecule has 0 aromatic carbocycles. The van der Waals surface area contributed by atoms with Gasteiger partial charge in [-0.15, -0.1) is 0 Å². The lowest BCUT2D eigenvalue weighted by Gasteiger charge is -2.60. The molecule has 0 aliphatic heterocycles. The van der Waals surface area contributed by atoms with Crippen molar-refractivity contribution < 1.29 is 9.90 Å². The molecule has 0 spiro atoms. The molecule has 6 atom stereocenters. The molecule has 0 heterocycles. The number of rotatable bonds is 2. The van der Waals surface area contributed by atoms with Gasteiger partial charge in [-0.25, -0.2) is 0 Å². The Labute approximate surface area is 136 Å². The molecule has 3 rings (SSSR count). The highest BCUT2D eigenvalue weighted by molar-refractivity contribution is 5.75. The minimum absolute atomic E-state index is 0.274. The molecule has 3 saturated carbocycles. The van der Waals surface area contributed by atoms with Crippen molar-refractivity contribution in [2.24, 2.45) is 40.4 Å². The van der Waals surface area contributed by atoms with Crippen molar-refractivity contribution in [1.82, 2.24) is 0 Å². The molecule has 2 nitrogen and oxygen atoms in total. The highest BCUT2D eigenvalue weighted by Crippen LogP contribution is 2.64. The molecular formula is C20H34O2. The van der Waals surface area contributed by atoms with Crippen LogP contribution in [0.15, 0.2) is 0 Å². The van der Waals surface area contributed by atoms with Crippen molar-refractivity contribution in [3.63, 3.8) is 0 Å². The Hall–Kier alpha value is -0.530. The van der Waals surface area contributed by atoms with Crippen molar-refractivity contribution in [1.29, 1.82) is 0 Å². The summed E-state index contributed by atoms with van der Waals surface area (Å²) in [7, 11) is 0. The molecule has 4 unspecified atom stereocenters. The van der Waals surface area contributed by atoms with Crippen LogP contribution in [-0.4, -0.2) is 11.1 Å². The van der Waals surface area contributed by atoms with E-state index in [0.29, 0.717) is 5.92 Å². The van der Waals surface area contributed by atoms with Gasteiger partial charge in [-0.1, -0.05) is 27.2 Å². The van der Waals surface area contributed by atoms with Crippen LogP contribution >= 0.6 is 0 Å². The minimum atomic E-state index is -0.544. The standard InChI is InChI=1S/C20H34O2/c1-13(2)14-6-8-16-15(12-14)7-9-17-19(16,3)10-5-11-20(17,4)18(21)22/h13-17H,5-12H2,1-4H3,(H,21,22)/t14-,15?,16?,17?,19?,20+/m0/s1. The molecule has 2 heteroatoms. The van der Waals surface area contributed by atoms with E-state index in [2.05, 4.69) is 20.8 Å². The van der Waals surface area contributed by atoms with Crippen molar-refractivity contribution in [2.75, 3.05) is 0 Å². The molecule has 3 aliphatic rings. The SMILES string of the molecule is CC(C)[C@H]1CCC2C(CCC3C2(C)CCC[C@@]3(C)C(=O)O)C1. The van der Waals surface area contributed by atoms with E-state index in [9.17, 15) is 9.90 Å². The van der Waals surface area contributed by atoms with Crippen LogP contribution in [0, 0.1) is 40.4 Å². The first-order valence-electron chi connectivity index (χ1n) is 9.52. The highest BCUT2D eigenvalue weighted by atomic mass is 16.4. The third-order valence-corrected chi connectivity index (χ3v) is 8.10. The summed E-state index contributed by atoms with van der Waals surface area (Å²) in [6.07, 6.45) is 9.77. The number of carboxylic acid groups (broad SMARTS) is 1. The average molecular weight is 306 g/mol. The Morgan fingerprint density at radius 2 is 1.82 bits per heavy atom. The fraction of sp³-hybridized carbons (Fsp3) is 0.950. The topological polar surface area (TPSA) is 37.3 Å². The Morgan fingerprint density at radius 3 is 2.45 bits per heavy atom. The van der Waals surface area contributed by atoms with Gasteiger partial charge in [-0.2, -0.15) is 0 Å². The second kappa shape index (κ2) is 5.53. The molecule has 1 N–H and O–H groups in total. The number of fused-ring (bicyclic) bond motifs is 3. The van der Waals surface area contributed by atoms with Gasteiger partial charge < -0.3 is 5.11 Å². The molecule has 0 aromatic heterocycles. The van der Waals surface area contributed by atoms with Crippen molar-refractivity contribution in [3.8, 4) is 0 Å². The fourth-order valence-corrected chi connectivity index (χ4v) is 6.73. The van der Waals surface area contributed by atoms with Crippen LogP contribution < -0.4 is 0 Å². The van der Waals surface area contributed by atoms with E-state index in [1.807, 2.05) is 6.92 Å². The number of carbonyl (C=O) groups is 1. The summed E-state index contributed by atoms with van der Waals surface area (Å²) in [4.78, 5) is 12.0. The van der Waals surface area contributed by atoms with Crippen LogP contribution in [0.1, 0.15) is 79.1 Å². The van der Waals surface area contributed by atoms with Crippen LogP contribution in [-0.2, 0) is 4.79 Å². The van der Waals surface area contributed by atoms with Crippen LogP contribution in [0.4, 0.5) is 0 Å². The summed E-state index contributed by atoms with van der Waals surface area (Å²) in [5.74, 6) is 3.19. The van der Waals surface area contributed by atoms with Crippen molar-refractivity contribution in [2.45, 2.75) is 79.1 Å². The summed E-state index contributed by atoms with van der Waals surface area (Å²) in [5.41, 5.74) is -0.205. The lowest BCUT2D eigenvalue weighted by molar-refractivity contribution is -0.173. The van der Waals surface area contributed by atoms with Crippen LogP contribution in [0.3, 0.4) is 0 Å². The molecule has 0 bridgehead atoms. The van der Waals surface area contributed by atoms with Gasteiger partial charge in [0.25, 0.3) is 0 Å². The molecule has 0 amide bonds. The number of carboxylic acids is 1. The summed E-state index contributed by atoms with van der Waals surface area (Å²) < 4.78 is 0. The van der Waals surface area contributed by atoms with E-state index in [0.717, 1.165) is 42.9 Å². The summed E-state index contributed by atoms with van der Waals surface area (Å²) in [6, 6.07) is 0. The zero-order valence-corrected chi connectivity index (χ0v) is 14.9. The smallest absolute Gasteiger partial charge is 0.309 e. The first kappa shape index (κ1) is 16.3. The van der Waals surface area contributed by atoms with Gasteiger partial charge >= 0.3 is 5.97 Å². The van der Waals surface area contributed by atoms with Gasteiger partial charge in [0.05, 0.1) is 5.41 Å². The number of hydrogen-bond acceptors (Lipinski definition) is 1. The first-order chi connectivity index (χ1) is 10.3. The molecule has 0 aromatic rings. The van der Waals surface area contributed by atoms with E-state index in [1.54, 1.807) is 0 Å². The summed E-state index contributed by atoms with van der Waals surface area (Å²) >= 11 is 0. The van der Waals surface area contributed by atoms with E-state index in [-0.39, 0.29) is 5.41 Å². The van der Waals surface area contributed by atoms with Gasteiger partial charge in [0, 0.05) is 0 Å². The van der Waals surface area contributed by atoms with Crippen molar-refractivity contribution >= 4 is 5.97 Å². The molecule has 22 heavy (non-hydrogen) atoms. The Balaban J connectivity index is 1.86. The monoisotopic (exact) mass is 306 g/mol. The Kier molecular flexibility index (Phi) is 4.10. The Bertz CT molecular complexity index is 443. The first-order valence-corrected chi connectivity index (χ1v) is 9.52. The van der Waals surface area contributed by atoms with Crippen LogP contribution in [0.25, 0.3) is 0 Å². The zero-order chi connectivity index (χ0) is 16.1. The number of hydrogen-bond donors (Lipinski definition) is 1. The summed E-state index contributed by atoms with van der Waals surface area (Å²) in [5, 5.41) is 9.86. The van der Waals surface area contributed by atoms with Crippen LogP contribution in [0.5, 0.6) is 0 Å². The molecule has 3 fully saturated rings. The number of aliphatic carboxylic acids is 1. The lowest BCUT2D eigenvalue weighted by Crippen LogP contribution is -2.56. The summed E-state index contributed by atoms with van der Waals surface area (Å²) in [6.45, 7) is 9.24. The van der Waals surface area contributed by atoms with E-state index >= 15 is 0 Å². The molecular weight excluding hydrogens is 272 g/mol. The van der Waals surface area contributed by atoms with Gasteiger partial charge in [0.1, 0.15) is 0 Å². The zero-order valence-electron chi connectivity index (χ0n) is 14.9. The van der Waals surface area contributed by atoms with E-state index < -0.39 is 11.4 Å². The van der Waals surface area contributed by atoms with Crippen molar-refractivity contribution in [3.05, 3.63) is 0 Å². The average Bonchev–Trinajstić information content (AvgIpc) is 2.46. The maximum absolute atomic E-state index is 12.0. The maximum Gasteiger partial charge on any atom is 0.309 e. The van der Waals surface area contributed by atoms with Crippen LogP contribution in [0.2, 0.25) is 0 Å². The minimum Gasteiger partial charge on any atom is -0.481 e. The van der Waals surface area contributed by atoms with Gasteiger partial charge in [-0.05, 0) is 86.9 Å². The van der Waals surface area contributed by atoms with Gasteiger partial charge in [0.15, 0.2) is 0 Å². The predicted molar refractivity (Wildman–Crippen MR) is 89.6 cm³/mol. The molecule has 3 aliphatic carbocycles. The lowest BCUT2D eigenvalue weighted by atomic mass is 9.43. The second-order valence-electron chi connectivity index (χ2n) is 9.40. The van der Waals surface area contributed by atoms with E-state index in [4.69, 9.17) is 0 Å². The normalized spacial score (nSPS) is 48.6. The molecule has 0 radical (unpaired) electrons. The largest absolute Gasteiger partial charge is 0.481 e. The molecule has 0 saturated heterocycles. The third kappa shape index (κ3) is 2.32. The predicted octanol–water partition coefficient (Wildman–Crippen LogP) is 5.37. The Morgan fingerprint density at radius 1 is 1.09 bits per heavy atom. The van der Waals surface area contributed by atoms with E-state index in [1.165, 1.54) is 32.1 Å². The maximum atomic E-state index is 12.0. The third-order valence-electron chi connectivity index (χ3n) is 8.10. The fourth-order valence-electron chi connectivity index (χ4n) is 6.73. The van der Waals surface area contributed by atoms with Gasteiger partial charge in [-0.3, -0.25) is 4.79 Å². The molecule has 126 valence electrons. The second-order valence-corrected chi connectivity index (χ2v) is 9.40. The quantitative estimate of drug-likeness (QED) is 0.745. The van der Waals surface area contributed by atoms with Gasteiger partial charge in [0.2, 0.25) is 0 Å².